The molecule has 3 rings (SSSR count). The number of nitrogens with one attached hydrogen (secondary N) is 3. The number of unbranched alkanes of at least 4 members (excludes halogenated alkanes) is 2. The van der Waals surface area contributed by atoms with Gasteiger partial charge in [0.05, 0.1) is 11.1 Å². The van der Waals surface area contributed by atoms with Crippen molar-refractivity contribution < 1.29 is 0 Å². The zero-order chi connectivity index (χ0) is 20.5. The van der Waals surface area contributed by atoms with Crippen LogP contribution < -0.4 is 16.2 Å². The molecule has 154 valence electrons. The number of likely N-dealkylation sites (N-methyl/N-ethyl adjacent to an activating group) is 1. The quantitative estimate of drug-likeness (QED) is 0.436. The molecule has 1 aromatic heterocycles. The molecule has 3 aromatic rings. The van der Waals surface area contributed by atoms with Gasteiger partial charge in [-0.05, 0) is 51.7 Å². The fourth-order valence-corrected chi connectivity index (χ4v) is 3.32. The number of aromatic nitrogens is 2. The molecule has 0 unspecified atom stereocenters. The molecule has 0 aliphatic carbocycles. The molecule has 0 spiro atoms. The molecule has 29 heavy (non-hydrogen) atoms. The van der Waals surface area contributed by atoms with Crippen molar-refractivity contribution in [3.8, 4) is 11.3 Å². The number of benzene rings is 2. The van der Waals surface area contributed by atoms with E-state index in [9.17, 15) is 4.79 Å². The summed E-state index contributed by atoms with van der Waals surface area (Å²) in [6, 6.07) is 15.8. The van der Waals surface area contributed by atoms with Crippen LogP contribution in [0.1, 0.15) is 19.3 Å². The molecule has 0 fully saturated rings. The van der Waals surface area contributed by atoms with Crippen LogP contribution in [0.3, 0.4) is 0 Å². The lowest BCUT2D eigenvalue weighted by molar-refractivity contribution is 0.399. The predicted octanol–water partition coefficient (Wildman–Crippen LogP) is 3.32. The standard InChI is InChI=1S/C23H31N5O/c1-28(2)16-15-24-13-6-3-7-14-25-19-10-8-9-18(17-19)22-20-11-4-5-12-21(20)23(29)27-26-22/h4-5,8-12,17,24-25H,3,6-7,13-16H2,1-2H3,(H,27,29). The van der Waals surface area contributed by atoms with Gasteiger partial charge in [0.15, 0.2) is 0 Å². The van der Waals surface area contributed by atoms with E-state index in [4.69, 9.17) is 0 Å². The van der Waals surface area contributed by atoms with Gasteiger partial charge in [-0.15, -0.1) is 0 Å². The number of H-pyrrole nitrogens is 1. The maximum absolute atomic E-state index is 12.0. The number of hydrogen-bond acceptors (Lipinski definition) is 5. The smallest absolute Gasteiger partial charge is 0.272 e. The van der Waals surface area contributed by atoms with E-state index in [1.165, 1.54) is 12.8 Å². The Bertz CT molecular complexity index is 967. The number of nitrogens with zero attached hydrogens (tertiary/aromatic N) is 2. The molecular weight excluding hydrogens is 362 g/mol. The van der Waals surface area contributed by atoms with Crippen molar-refractivity contribution in [3.63, 3.8) is 0 Å². The first-order valence-electron chi connectivity index (χ1n) is 10.3. The van der Waals surface area contributed by atoms with Crippen LogP contribution in [-0.4, -0.2) is 55.4 Å². The Balaban J connectivity index is 1.51. The molecule has 1 heterocycles. The van der Waals surface area contributed by atoms with Gasteiger partial charge in [0, 0.05) is 36.3 Å². The summed E-state index contributed by atoms with van der Waals surface area (Å²) in [5.41, 5.74) is 2.71. The topological polar surface area (TPSA) is 73.0 Å². The minimum atomic E-state index is -0.158. The van der Waals surface area contributed by atoms with Gasteiger partial charge in [-0.25, -0.2) is 5.10 Å². The second-order valence-corrected chi connectivity index (χ2v) is 7.57. The van der Waals surface area contributed by atoms with Crippen LogP contribution in [0, 0.1) is 0 Å². The Hall–Kier alpha value is -2.70. The molecule has 0 amide bonds. The van der Waals surface area contributed by atoms with E-state index < -0.39 is 0 Å². The lowest BCUT2D eigenvalue weighted by Gasteiger charge is -2.11. The highest BCUT2D eigenvalue weighted by Crippen LogP contribution is 2.26. The van der Waals surface area contributed by atoms with Crippen molar-refractivity contribution >= 4 is 16.5 Å². The van der Waals surface area contributed by atoms with Crippen LogP contribution in [0.2, 0.25) is 0 Å². The van der Waals surface area contributed by atoms with Gasteiger partial charge in [-0.2, -0.15) is 5.10 Å². The number of anilines is 1. The van der Waals surface area contributed by atoms with Crippen molar-refractivity contribution in [2.24, 2.45) is 0 Å². The zero-order valence-corrected chi connectivity index (χ0v) is 17.4. The van der Waals surface area contributed by atoms with Crippen molar-refractivity contribution in [2.45, 2.75) is 19.3 Å². The van der Waals surface area contributed by atoms with E-state index in [1.54, 1.807) is 0 Å². The van der Waals surface area contributed by atoms with Crippen LogP contribution in [0.5, 0.6) is 0 Å². The normalized spacial score (nSPS) is 11.3. The summed E-state index contributed by atoms with van der Waals surface area (Å²) >= 11 is 0. The lowest BCUT2D eigenvalue weighted by atomic mass is 10.0. The Labute approximate surface area is 172 Å². The Morgan fingerprint density at radius 3 is 2.55 bits per heavy atom. The van der Waals surface area contributed by atoms with Gasteiger partial charge in [0.25, 0.3) is 5.56 Å². The van der Waals surface area contributed by atoms with Crippen LogP contribution in [0.15, 0.2) is 53.3 Å². The van der Waals surface area contributed by atoms with E-state index in [2.05, 4.69) is 52.0 Å². The average Bonchev–Trinajstić information content (AvgIpc) is 2.73. The second-order valence-electron chi connectivity index (χ2n) is 7.57. The minimum absolute atomic E-state index is 0.158. The fourth-order valence-electron chi connectivity index (χ4n) is 3.32. The van der Waals surface area contributed by atoms with Crippen molar-refractivity contribution in [1.29, 1.82) is 0 Å². The highest BCUT2D eigenvalue weighted by atomic mass is 16.1. The first-order valence-corrected chi connectivity index (χ1v) is 10.3. The maximum Gasteiger partial charge on any atom is 0.272 e. The van der Waals surface area contributed by atoms with Gasteiger partial charge in [-0.3, -0.25) is 4.79 Å². The van der Waals surface area contributed by atoms with E-state index >= 15 is 0 Å². The molecule has 2 aromatic carbocycles. The summed E-state index contributed by atoms with van der Waals surface area (Å²) in [5, 5.41) is 15.4. The third-order valence-corrected chi connectivity index (χ3v) is 4.93. The lowest BCUT2D eigenvalue weighted by Crippen LogP contribution is -2.27. The van der Waals surface area contributed by atoms with Gasteiger partial charge in [0.1, 0.15) is 0 Å². The second kappa shape index (κ2) is 10.7. The van der Waals surface area contributed by atoms with Crippen molar-refractivity contribution in [1.82, 2.24) is 20.4 Å². The summed E-state index contributed by atoms with van der Waals surface area (Å²) in [5.74, 6) is 0. The van der Waals surface area contributed by atoms with Crippen LogP contribution in [0.4, 0.5) is 5.69 Å². The number of aromatic amines is 1. The Morgan fingerprint density at radius 1 is 0.931 bits per heavy atom. The number of fused-ring (bicyclic) bond motifs is 1. The van der Waals surface area contributed by atoms with E-state index in [0.29, 0.717) is 5.39 Å². The maximum atomic E-state index is 12.0. The minimum Gasteiger partial charge on any atom is -0.385 e. The van der Waals surface area contributed by atoms with Crippen LogP contribution in [-0.2, 0) is 0 Å². The fraction of sp³-hybridized carbons (Fsp3) is 0.391. The Morgan fingerprint density at radius 2 is 1.72 bits per heavy atom. The molecule has 0 radical (unpaired) electrons. The average molecular weight is 394 g/mol. The van der Waals surface area contributed by atoms with E-state index in [0.717, 1.165) is 54.9 Å². The van der Waals surface area contributed by atoms with E-state index in [-0.39, 0.29) is 5.56 Å². The molecule has 0 bridgehead atoms. The van der Waals surface area contributed by atoms with Gasteiger partial charge in [-0.1, -0.05) is 36.8 Å². The third kappa shape index (κ3) is 6.14. The summed E-state index contributed by atoms with van der Waals surface area (Å²) in [6.07, 6.45) is 3.54. The molecule has 0 saturated carbocycles. The molecule has 0 atom stereocenters. The summed E-state index contributed by atoms with van der Waals surface area (Å²) in [6.45, 7) is 4.15. The highest BCUT2D eigenvalue weighted by molar-refractivity contribution is 5.94. The molecular formula is C23H31N5O. The first-order chi connectivity index (χ1) is 14.1. The number of hydrogen-bond donors (Lipinski definition) is 3. The van der Waals surface area contributed by atoms with Gasteiger partial charge in [0.2, 0.25) is 0 Å². The van der Waals surface area contributed by atoms with Crippen molar-refractivity contribution in [3.05, 3.63) is 58.9 Å². The molecule has 0 aliphatic rings. The predicted molar refractivity (Wildman–Crippen MR) is 122 cm³/mol. The largest absolute Gasteiger partial charge is 0.385 e. The van der Waals surface area contributed by atoms with E-state index in [1.807, 2.05) is 36.4 Å². The monoisotopic (exact) mass is 393 g/mol. The Kier molecular flexibility index (Phi) is 7.78. The highest BCUT2D eigenvalue weighted by Gasteiger charge is 2.08. The van der Waals surface area contributed by atoms with Crippen molar-refractivity contribution in [2.75, 3.05) is 45.6 Å². The molecule has 6 heteroatoms. The van der Waals surface area contributed by atoms with Gasteiger partial charge >= 0.3 is 0 Å². The van der Waals surface area contributed by atoms with Crippen LogP contribution >= 0.6 is 0 Å². The van der Waals surface area contributed by atoms with Gasteiger partial charge < -0.3 is 15.5 Å². The molecule has 0 saturated heterocycles. The number of rotatable bonds is 11. The zero-order valence-electron chi connectivity index (χ0n) is 17.4. The molecule has 6 nitrogen and oxygen atoms in total. The SMILES string of the molecule is CN(C)CCNCCCCCNc1cccc(-c2n[nH]c(=O)c3ccccc23)c1. The summed E-state index contributed by atoms with van der Waals surface area (Å²) < 4.78 is 0. The summed E-state index contributed by atoms with van der Waals surface area (Å²) in [4.78, 5) is 14.2. The summed E-state index contributed by atoms with van der Waals surface area (Å²) in [7, 11) is 4.19. The third-order valence-electron chi connectivity index (χ3n) is 4.93. The van der Waals surface area contributed by atoms with Crippen LogP contribution in [0.25, 0.3) is 22.0 Å². The first kappa shape index (κ1) is 21.0. The molecule has 3 N–H and O–H groups in total. The molecule has 0 aliphatic heterocycles.